The van der Waals surface area contributed by atoms with Crippen LogP contribution in [0.25, 0.3) is 0 Å². The van der Waals surface area contributed by atoms with Gasteiger partial charge in [0.1, 0.15) is 16.6 Å². The second-order valence-corrected chi connectivity index (χ2v) is 4.65. The van der Waals surface area contributed by atoms with Crippen LogP contribution in [0.3, 0.4) is 0 Å². The molecule has 2 rings (SSSR count). The second kappa shape index (κ2) is 6.32. The molecule has 1 amide bonds. The van der Waals surface area contributed by atoms with Gasteiger partial charge in [-0.15, -0.1) is 0 Å². The number of nitrogens with two attached hydrogens (primary N) is 1. The number of para-hydroxylation sites is 1. The van der Waals surface area contributed by atoms with Crippen molar-refractivity contribution in [3.05, 3.63) is 59.4 Å². The lowest BCUT2D eigenvalue weighted by Crippen LogP contribution is -2.18. The molecule has 2 aromatic rings. The van der Waals surface area contributed by atoms with E-state index >= 15 is 0 Å². The maximum Gasteiger partial charge on any atom is 0.255 e. The molecule has 0 aliphatic carbocycles. The predicted octanol–water partition coefficient (Wildman–Crippen LogP) is 2.72. The number of ether oxygens (including phenoxy) is 1. The lowest BCUT2D eigenvalue weighted by atomic mass is 10.1. The zero-order chi connectivity index (χ0) is 15.4. The molecule has 4 nitrogen and oxygen atoms in total. The SMILES string of the molecule is COc1cccc(C(N)=S)c1NC(=O)c1ccc(F)cc1. The topological polar surface area (TPSA) is 64.3 Å². The summed E-state index contributed by atoms with van der Waals surface area (Å²) in [5.41, 5.74) is 6.85. The number of benzene rings is 2. The highest BCUT2D eigenvalue weighted by atomic mass is 32.1. The predicted molar refractivity (Wildman–Crippen MR) is 83.2 cm³/mol. The van der Waals surface area contributed by atoms with Crippen LogP contribution in [-0.2, 0) is 0 Å². The number of rotatable bonds is 4. The quantitative estimate of drug-likeness (QED) is 0.853. The zero-order valence-corrected chi connectivity index (χ0v) is 12.0. The van der Waals surface area contributed by atoms with Crippen LogP contribution in [0, 0.1) is 5.82 Å². The van der Waals surface area contributed by atoms with Crippen molar-refractivity contribution < 1.29 is 13.9 Å². The minimum absolute atomic E-state index is 0.142. The van der Waals surface area contributed by atoms with E-state index in [2.05, 4.69) is 5.32 Å². The van der Waals surface area contributed by atoms with Gasteiger partial charge in [0.05, 0.1) is 12.8 Å². The first-order chi connectivity index (χ1) is 10.0. The summed E-state index contributed by atoms with van der Waals surface area (Å²) < 4.78 is 18.1. The van der Waals surface area contributed by atoms with Gasteiger partial charge >= 0.3 is 0 Å². The molecule has 0 radical (unpaired) electrons. The molecule has 0 saturated carbocycles. The van der Waals surface area contributed by atoms with Gasteiger partial charge in [-0.05, 0) is 36.4 Å². The molecule has 0 bridgehead atoms. The maximum atomic E-state index is 12.9. The molecule has 6 heteroatoms. The Morgan fingerprint density at radius 3 is 2.48 bits per heavy atom. The number of methoxy groups -OCH3 is 1. The van der Waals surface area contributed by atoms with Gasteiger partial charge in [-0.3, -0.25) is 4.79 Å². The lowest BCUT2D eigenvalue weighted by Gasteiger charge is -2.14. The van der Waals surface area contributed by atoms with Crippen molar-refractivity contribution in [1.82, 2.24) is 0 Å². The highest BCUT2D eigenvalue weighted by molar-refractivity contribution is 7.80. The number of anilines is 1. The average Bonchev–Trinajstić information content (AvgIpc) is 2.47. The first kappa shape index (κ1) is 14.9. The van der Waals surface area contributed by atoms with Crippen LogP contribution in [0.1, 0.15) is 15.9 Å². The molecule has 2 aromatic carbocycles. The van der Waals surface area contributed by atoms with E-state index in [0.717, 1.165) is 0 Å². The summed E-state index contributed by atoms with van der Waals surface area (Å²) in [5, 5.41) is 2.69. The summed E-state index contributed by atoms with van der Waals surface area (Å²) in [6.45, 7) is 0. The fourth-order valence-electron chi connectivity index (χ4n) is 1.82. The number of hydrogen-bond acceptors (Lipinski definition) is 3. The summed E-state index contributed by atoms with van der Waals surface area (Å²) in [6.07, 6.45) is 0. The van der Waals surface area contributed by atoms with Crippen LogP contribution >= 0.6 is 12.2 Å². The molecule has 0 fully saturated rings. The fourth-order valence-corrected chi connectivity index (χ4v) is 1.99. The number of thiocarbonyl (C=S) groups is 1. The first-order valence-corrected chi connectivity index (χ1v) is 6.47. The van der Waals surface area contributed by atoms with Crippen molar-refractivity contribution in [2.45, 2.75) is 0 Å². The summed E-state index contributed by atoms with van der Waals surface area (Å²) >= 11 is 4.97. The molecule has 0 unspecified atom stereocenters. The number of amides is 1. The number of halogens is 1. The summed E-state index contributed by atoms with van der Waals surface area (Å²) in [6, 6.07) is 10.3. The van der Waals surface area contributed by atoms with Crippen LogP contribution in [0.2, 0.25) is 0 Å². The molecule has 0 atom stereocenters. The standard InChI is InChI=1S/C15H13FN2O2S/c1-20-12-4-2-3-11(14(17)21)13(12)18-15(19)9-5-7-10(16)8-6-9/h2-8H,1H3,(H2,17,21)(H,18,19). The third-order valence-electron chi connectivity index (χ3n) is 2.86. The Balaban J connectivity index is 2.36. The molecule has 0 aromatic heterocycles. The molecule has 0 aliphatic heterocycles. The van der Waals surface area contributed by atoms with E-state index in [-0.39, 0.29) is 4.99 Å². The minimum Gasteiger partial charge on any atom is -0.495 e. The van der Waals surface area contributed by atoms with Gasteiger partial charge in [-0.1, -0.05) is 18.3 Å². The van der Waals surface area contributed by atoms with E-state index in [4.69, 9.17) is 22.7 Å². The van der Waals surface area contributed by atoms with Crippen molar-refractivity contribution in [3.8, 4) is 5.75 Å². The Morgan fingerprint density at radius 1 is 1.24 bits per heavy atom. The summed E-state index contributed by atoms with van der Waals surface area (Å²) in [7, 11) is 1.48. The fraction of sp³-hybridized carbons (Fsp3) is 0.0667. The lowest BCUT2D eigenvalue weighted by molar-refractivity contribution is 0.102. The van der Waals surface area contributed by atoms with E-state index in [1.807, 2.05) is 0 Å². The summed E-state index contributed by atoms with van der Waals surface area (Å²) in [4.78, 5) is 12.3. The zero-order valence-electron chi connectivity index (χ0n) is 11.2. The maximum absolute atomic E-state index is 12.9. The van der Waals surface area contributed by atoms with Crippen LogP contribution in [0.15, 0.2) is 42.5 Å². The van der Waals surface area contributed by atoms with Crippen LogP contribution < -0.4 is 15.8 Å². The molecule has 108 valence electrons. The third kappa shape index (κ3) is 3.35. The highest BCUT2D eigenvalue weighted by Crippen LogP contribution is 2.28. The molecular weight excluding hydrogens is 291 g/mol. The number of carbonyl (C=O) groups excluding carboxylic acids is 1. The molecule has 0 heterocycles. The smallest absolute Gasteiger partial charge is 0.255 e. The number of hydrogen-bond donors (Lipinski definition) is 2. The van der Waals surface area contributed by atoms with E-state index < -0.39 is 11.7 Å². The van der Waals surface area contributed by atoms with Gasteiger partial charge in [0.15, 0.2) is 0 Å². The largest absolute Gasteiger partial charge is 0.495 e. The van der Waals surface area contributed by atoms with Crippen LogP contribution in [-0.4, -0.2) is 18.0 Å². The van der Waals surface area contributed by atoms with E-state index in [1.54, 1.807) is 18.2 Å². The van der Waals surface area contributed by atoms with Gasteiger partial charge in [0.2, 0.25) is 0 Å². The number of nitrogens with one attached hydrogen (secondary N) is 1. The Bertz CT molecular complexity index is 687. The Labute approximate surface area is 126 Å². The van der Waals surface area contributed by atoms with Crippen molar-refractivity contribution in [1.29, 1.82) is 0 Å². The average molecular weight is 304 g/mol. The second-order valence-electron chi connectivity index (χ2n) is 4.21. The van der Waals surface area contributed by atoms with E-state index in [9.17, 15) is 9.18 Å². The van der Waals surface area contributed by atoms with Crippen molar-refractivity contribution >= 4 is 28.8 Å². The van der Waals surface area contributed by atoms with Gasteiger partial charge in [-0.25, -0.2) is 4.39 Å². The summed E-state index contributed by atoms with van der Waals surface area (Å²) in [5.74, 6) is -0.375. The molecule has 0 saturated heterocycles. The monoisotopic (exact) mass is 304 g/mol. The van der Waals surface area contributed by atoms with Crippen LogP contribution in [0.5, 0.6) is 5.75 Å². The van der Waals surface area contributed by atoms with Gasteiger partial charge in [-0.2, -0.15) is 0 Å². The molecule has 3 N–H and O–H groups in total. The first-order valence-electron chi connectivity index (χ1n) is 6.06. The molecule has 21 heavy (non-hydrogen) atoms. The van der Waals surface area contributed by atoms with Crippen molar-refractivity contribution in [3.63, 3.8) is 0 Å². The van der Waals surface area contributed by atoms with Gasteiger partial charge < -0.3 is 15.8 Å². The molecule has 0 spiro atoms. The number of carbonyl (C=O) groups is 1. The van der Waals surface area contributed by atoms with Crippen LogP contribution in [0.4, 0.5) is 10.1 Å². The van der Waals surface area contributed by atoms with E-state index in [1.165, 1.54) is 31.4 Å². The Kier molecular flexibility index (Phi) is 4.49. The molecular formula is C15H13FN2O2S. The Morgan fingerprint density at radius 2 is 1.90 bits per heavy atom. The van der Waals surface area contributed by atoms with Crippen molar-refractivity contribution in [2.75, 3.05) is 12.4 Å². The Hall–Kier alpha value is -2.47. The normalized spacial score (nSPS) is 10.0. The third-order valence-corrected chi connectivity index (χ3v) is 3.08. The molecule has 0 aliphatic rings. The van der Waals surface area contributed by atoms with Gasteiger partial charge in [0.25, 0.3) is 5.91 Å². The minimum atomic E-state index is -0.410. The highest BCUT2D eigenvalue weighted by Gasteiger charge is 2.15. The van der Waals surface area contributed by atoms with E-state index in [0.29, 0.717) is 22.6 Å². The van der Waals surface area contributed by atoms with Crippen molar-refractivity contribution in [2.24, 2.45) is 5.73 Å². The van der Waals surface area contributed by atoms with Gasteiger partial charge in [0, 0.05) is 11.1 Å².